The molecular formula is C23H23F3N6O2. The maximum absolute atomic E-state index is 12.2. The van der Waals surface area contributed by atoms with Gasteiger partial charge in [0.25, 0.3) is 0 Å². The monoisotopic (exact) mass is 472 g/mol. The first kappa shape index (κ1) is 23.1. The predicted molar refractivity (Wildman–Crippen MR) is 124 cm³/mol. The average molecular weight is 472 g/mol. The van der Waals surface area contributed by atoms with Crippen LogP contribution >= 0.6 is 0 Å². The minimum absolute atomic E-state index is 0.315. The molecule has 1 fully saturated rings. The van der Waals surface area contributed by atoms with E-state index >= 15 is 0 Å². The minimum Gasteiger partial charge on any atom is -0.406 e. The lowest BCUT2D eigenvalue weighted by Crippen LogP contribution is -2.20. The van der Waals surface area contributed by atoms with Gasteiger partial charge in [-0.15, -0.1) is 13.2 Å². The van der Waals surface area contributed by atoms with Gasteiger partial charge < -0.3 is 25.6 Å². The number of amides is 2. The van der Waals surface area contributed by atoms with E-state index in [1.807, 2.05) is 13.0 Å². The van der Waals surface area contributed by atoms with Crippen LogP contribution < -0.4 is 25.6 Å². The third kappa shape index (κ3) is 6.50. The number of nitrogens with one attached hydrogen (secondary N) is 3. The standard InChI is InChI=1S/C23H23F3N6O2/c1-15-14-20(32-12-2-3-13-32)31-21(27-15)28-16-4-6-17(7-5-16)29-22(33)30-18-8-10-19(11-9-18)34-23(24,25)26/h4-11,14H,2-3,12-13H2,1H3,(H,27,28,31)(H2,29,30,33). The molecule has 0 saturated carbocycles. The van der Waals surface area contributed by atoms with E-state index in [1.54, 1.807) is 24.3 Å². The van der Waals surface area contributed by atoms with Crippen molar-refractivity contribution in [1.82, 2.24) is 9.97 Å². The zero-order valence-corrected chi connectivity index (χ0v) is 18.3. The molecule has 0 radical (unpaired) electrons. The second-order valence-corrected chi connectivity index (χ2v) is 7.74. The molecule has 1 saturated heterocycles. The fourth-order valence-corrected chi connectivity index (χ4v) is 3.52. The Morgan fingerprint density at radius 2 is 1.47 bits per heavy atom. The maximum atomic E-state index is 12.2. The Bertz CT molecular complexity index is 1130. The topological polar surface area (TPSA) is 91.4 Å². The molecule has 0 bridgehead atoms. The Labute approximate surface area is 194 Å². The molecule has 3 N–H and O–H groups in total. The first-order chi connectivity index (χ1) is 16.2. The van der Waals surface area contributed by atoms with E-state index in [9.17, 15) is 18.0 Å². The van der Waals surface area contributed by atoms with E-state index in [0.717, 1.165) is 55.3 Å². The van der Waals surface area contributed by atoms with Crippen LogP contribution in [0.15, 0.2) is 54.6 Å². The van der Waals surface area contributed by atoms with E-state index < -0.39 is 12.4 Å². The number of alkyl halides is 3. The fraction of sp³-hybridized carbons (Fsp3) is 0.261. The summed E-state index contributed by atoms with van der Waals surface area (Å²) in [5, 5.41) is 8.39. The van der Waals surface area contributed by atoms with Gasteiger partial charge in [0.05, 0.1) is 0 Å². The summed E-state index contributed by atoms with van der Waals surface area (Å²) in [5.74, 6) is 1.03. The van der Waals surface area contributed by atoms with E-state index in [2.05, 4.69) is 35.6 Å². The molecule has 34 heavy (non-hydrogen) atoms. The van der Waals surface area contributed by atoms with Gasteiger partial charge >= 0.3 is 12.4 Å². The molecule has 2 amide bonds. The number of benzene rings is 2. The molecule has 0 atom stereocenters. The third-order valence-electron chi connectivity index (χ3n) is 5.02. The normalized spacial score (nSPS) is 13.5. The highest BCUT2D eigenvalue weighted by Gasteiger charge is 2.31. The minimum atomic E-state index is -4.77. The Balaban J connectivity index is 1.33. The molecule has 1 aliphatic rings. The number of halogens is 3. The highest BCUT2D eigenvalue weighted by Crippen LogP contribution is 2.25. The summed E-state index contributed by atoms with van der Waals surface area (Å²) in [6.45, 7) is 3.91. The molecule has 3 aromatic rings. The smallest absolute Gasteiger partial charge is 0.406 e. The van der Waals surface area contributed by atoms with Gasteiger partial charge in [-0.1, -0.05) is 0 Å². The van der Waals surface area contributed by atoms with Gasteiger partial charge in [-0.3, -0.25) is 0 Å². The molecule has 1 aliphatic heterocycles. The average Bonchev–Trinajstić information content (AvgIpc) is 3.30. The van der Waals surface area contributed by atoms with Crippen LogP contribution in [0.1, 0.15) is 18.5 Å². The molecular weight excluding hydrogens is 449 g/mol. The number of carbonyl (C=O) groups is 1. The summed E-state index contributed by atoms with van der Waals surface area (Å²) in [6, 6.07) is 13.3. The van der Waals surface area contributed by atoms with Gasteiger partial charge in [0, 0.05) is 41.9 Å². The molecule has 0 unspecified atom stereocenters. The van der Waals surface area contributed by atoms with Crippen molar-refractivity contribution in [1.29, 1.82) is 0 Å². The van der Waals surface area contributed by atoms with Gasteiger partial charge in [-0.2, -0.15) is 4.98 Å². The van der Waals surface area contributed by atoms with Crippen molar-refractivity contribution in [3.8, 4) is 5.75 Å². The number of ether oxygens (including phenoxy) is 1. The van der Waals surface area contributed by atoms with Crippen LogP contribution in [-0.4, -0.2) is 35.5 Å². The fourth-order valence-electron chi connectivity index (χ4n) is 3.52. The number of rotatable bonds is 6. The number of hydrogen-bond acceptors (Lipinski definition) is 6. The van der Waals surface area contributed by atoms with Crippen molar-refractivity contribution in [3.63, 3.8) is 0 Å². The molecule has 8 nitrogen and oxygen atoms in total. The second-order valence-electron chi connectivity index (χ2n) is 7.74. The van der Waals surface area contributed by atoms with Crippen LogP contribution in [0.5, 0.6) is 5.75 Å². The molecule has 1 aromatic heterocycles. The maximum Gasteiger partial charge on any atom is 0.573 e. The summed E-state index contributed by atoms with van der Waals surface area (Å²) < 4.78 is 40.5. The molecule has 11 heteroatoms. The second kappa shape index (κ2) is 9.86. The summed E-state index contributed by atoms with van der Waals surface area (Å²) in [5.41, 5.74) is 2.47. The molecule has 2 aromatic carbocycles. The number of anilines is 5. The SMILES string of the molecule is Cc1cc(N2CCCC2)nc(Nc2ccc(NC(=O)Nc3ccc(OC(F)(F)F)cc3)cc2)n1. The zero-order chi connectivity index (χ0) is 24.1. The summed E-state index contributed by atoms with van der Waals surface area (Å²) in [4.78, 5) is 23.5. The largest absolute Gasteiger partial charge is 0.573 e. The van der Waals surface area contributed by atoms with Crippen molar-refractivity contribution in [2.45, 2.75) is 26.1 Å². The molecule has 4 rings (SSSR count). The van der Waals surface area contributed by atoms with Crippen molar-refractivity contribution >= 4 is 34.9 Å². The van der Waals surface area contributed by atoms with Crippen LogP contribution in [0, 0.1) is 6.92 Å². The summed E-state index contributed by atoms with van der Waals surface area (Å²) in [6.07, 6.45) is -2.45. The quantitative estimate of drug-likeness (QED) is 0.428. The predicted octanol–water partition coefficient (Wildman–Crippen LogP) is 5.67. The van der Waals surface area contributed by atoms with Gasteiger partial charge in [-0.05, 0) is 68.3 Å². The first-order valence-corrected chi connectivity index (χ1v) is 10.6. The van der Waals surface area contributed by atoms with Crippen LogP contribution in [0.25, 0.3) is 0 Å². The lowest BCUT2D eigenvalue weighted by molar-refractivity contribution is -0.274. The number of nitrogens with zero attached hydrogens (tertiary/aromatic N) is 3. The van der Waals surface area contributed by atoms with Gasteiger partial charge in [-0.25, -0.2) is 9.78 Å². The zero-order valence-electron chi connectivity index (χ0n) is 18.3. The number of urea groups is 1. The number of hydrogen-bond donors (Lipinski definition) is 3. The number of aryl methyl sites for hydroxylation is 1. The van der Waals surface area contributed by atoms with E-state index in [1.165, 1.54) is 12.1 Å². The Morgan fingerprint density at radius 3 is 2.06 bits per heavy atom. The Morgan fingerprint density at radius 1 is 0.912 bits per heavy atom. The lowest BCUT2D eigenvalue weighted by atomic mass is 10.3. The van der Waals surface area contributed by atoms with E-state index in [0.29, 0.717) is 17.3 Å². The van der Waals surface area contributed by atoms with Crippen LogP contribution in [-0.2, 0) is 0 Å². The molecule has 2 heterocycles. The van der Waals surface area contributed by atoms with Crippen molar-refractivity contribution < 1.29 is 22.7 Å². The molecule has 0 aliphatic carbocycles. The lowest BCUT2D eigenvalue weighted by Gasteiger charge is -2.17. The highest BCUT2D eigenvalue weighted by molar-refractivity contribution is 5.99. The van der Waals surface area contributed by atoms with E-state index in [4.69, 9.17) is 0 Å². The van der Waals surface area contributed by atoms with Gasteiger partial charge in [0.1, 0.15) is 11.6 Å². The van der Waals surface area contributed by atoms with Crippen LogP contribution in [0.2, 0.25) is 0 Å². The number of aromatic nitrogens is 2. The highest BCUT2D eigenvalue weighted by atomic mass is 19.4. The van der Waals surface area contributed by atoms with Gasteiger partial charge in [0.15, 0.2) is 0 Å². The summed E-state index contributed by atoms with van der Waals surface area (Å²) >= 11 is 0. The van der Waals surface area contributed by atoms with Crippen molar-refractivity contribution in [2.24, 2.45) is 0 Å². The van der Waals surface area contributed by atoms with Gasteiger partial charge in [0.2, 0.25) is 5.95 Å². The van der Waals surface area contributed by atoms with E-state index in [-0.39, 0.29) is 5.75 Å². The third-order valence-corrected chi connectivity index (χ3v) is 5.02. The first-order valence-electron chi connectivity index (χ1n) is 10.6. The Kier molecular flexibility index (Phi) is 6.71. The van der Waals surface area contributed by atoms with Crippen molar-refractivity contribution in [3.05, 3.63) is 60.3 Å². The molecule has 178 valence electrons. The van der Waals surface area contributed by atoms with Crippen LogP contribution in [0.3, 0.4) is 0 Å². The van der Waals surface area contributed by atoms with Crippen molar-refractivity contribution in [2.75, 3.05) is 33.9 Å². The molecule has 0 spiro atoms. The Hall–Kier alpha value is -4.02. The summed E-state index contributed by atoms with van der Waals surface area (Å²) in [7, 11) is 0. The number of carbonyl (C=O) groups excluding carboxylic acids is 1. The van der Waals surface area contributed by atoms with Crippen LogP contribution in [0.4, 0.5) is 46.8 Å².